The van der Waals surface area contributed by atoms with E-state index in [0.717, 1.165) is 30.6 Å². The van der Waals surface area contributed by atoms with Gasteiger partial charge < -0.3 is 20.4 Å². The van der Waals surface area contributed by atoms with Crippen molar-refractivity contribution in [2.45, 2.75) is 40.0 Å². The highest BCUT2D eigenvalue weighted by molar-refractivity contribution is 6.01. The number of nitrogen functional groups attached to an aromatic ring is 1. The molecule has 140 valence electrons. The van der Waals surface area contributed by atoms with Crippen LogP contribution in [-0.2, 0) is 4.74 Å². The summed E-state index contributed by atoms with van der Waals surface area (Å²) in [7, 11) is 0. The zero-order valence-electron chi connectivity index (χ0n) is 15.3. The van der Waals surface area contributed by atoms with Gasteiger partial charge in [-0.05, 0) is 45.6 Å². The van der Waals surface area contributed by atoms with Crippen molar-refractivity contribution >= 4 is 23.8 Å². The summed E-state index contributed by atoms with van der Waals surface area (Å²) < 4.78 is 6.14. The van der Waals surface area contributed by atoms with Crippen LogP contribution in [0, 0.1) is 13.8 Å². The summed E-state index contributed by atoms with van der Waals surface area (Å²) in [5, 5.41) is 4.29. The first kappa shape index (κ1) is 18.0. The first-order chi connectivity index (χ1) is 12.4. The molecule has 3 N–H and O–H groups in total. The molecule has 0 unspecified atom stereocenters. The molecular formula is C17H24N6O3. The van der Waals surface area contributed by atoms with E-state index >= 15 is 0 Å². The van der Waals surface area contributed by atoms with Crippen molar-refractivity contribution in [3.8, 4) is 0 Å². The van der Waals surface area contributed by atoms with Gasteiger partial charge in [-0.3, -0.25) is 4.79 Å². The van der Waals surface area contributed by atoms with E-state index < -0.39 is 11.9 Å². The Hall–Kier alpha value is -2.84. The van der Waals surface area contributed by atoms with Crippen LogP contribution in [0.15, 0.2) is 0 Å². The number of anilines is 2. The summed E-state index contributed by atoms with van der Waals surface area (Å²) in [6.07, 6.45) is 3.32. The lowest BCUT2D eigenvalue weighted by Gasteiger charge is -2.24. The Kier molecular flexibility index (Phi) is 4.97. The number of nitrogens with zero attached hydrogens (tertiary/aromatic N) is 4. The number of rotatable bonds is 4. The molecule has 2 aromatic heterocycles. The lowest BCUT2D eigenvalue weighted by Crippen LogP contribution is -2.30. The maximum atomic E-state index is 12.9. The lowest BCUT2D eigenvalue weighted by molar-refractivity contribution is 0.0525. The minimum atomic E-state index is -0.460. The first-order valence-corrected chi connectivity index (χ1v) is 8.82. The summed E-state index contributed by atoms with van der Waals surface area (Å²) in [5.41, 5.74) is 7.63. The highest BCUT2D eigenvalue weighted by Gasteiger charge is 2.27. The van der Waals surface area contributed by atoms with Gasteiger partial charge in [0.25, 0.3) is 5.91 Å². The maximum Gasteiger partial charge on any atom is 0.340 e. The summed E-state index contributed by atoms with van der Waals surface area (Å²) in [6, 6.07) is 0. The molecule has 3 heterocycles. The fraction of sp³-hybridized carbons (Fsp3) is 0.529. The summed E-state index contributed by atoms with van der Waals surface area (Å²) >= 11 is 0. The quantitative estimate of drug-likeness (QED) is 0.796. The number of hydrogen-bond donors (Lipinski definition) is 2. The van der Waals surface area contributed by atoms with Crippen LogP contribution in [0.5, 0.6) is 0 Å². The highest BCUT2D eigenvalue weighted by atomic mass is 16.5. The fourth-order valence-corrected chi connectivity index (χ4v) is 3.27. The number of piperidine rings is 1. The summed E-state index contributed by atoms with van der Waals surface area (Å²) in [6.45, 7) is 7.12. The molecule has 3 rings (SSSR count). The smallest absolute Gasteiger partial charge is 0.340 e. The third-order valence-corrected chi connectivity index (χ3v) is 4.58. The van der Waals surface area contributed by atoms with Crippen molar-refractivity contribution in [3.63, 3.8) is 0 Å². The van der Waals surface area contributed by atoms with E-state index in [0.29, 0.717) is 22.8 Å². The van der Waals surface area contributed by atoms with Crippen LogP contribution in [0.3, 0.4) is 0 Å². The average molecular weight is 360 g/mol. The molecule has 1 saturated heterocycles. The van der Waals surface area contributed by atoms with E-state index in [2.05, 4.69) is 15.1 Å². The Morgan fingerprint density at radius 2 is 1.92 bits per heavy atom. The molecule has 0 spiro atoms. The molecule has 2 aromatic rings. The molecule has 0 aromatic carbocycles. The zero-order valence-corrected chi connectivity index (χ0v) is 15.3. The first-order valence-electron chi connectivity index (χ1n) is 8.82. The Morgan fingerprint density at radius 1 is 1.23 bits per heavy atom. The molecule has 1 aliphatic rings. The van der Waals surface area contributed by atoms with Gasteiger partial charge in [-0.15, -0.1) is 5.10 Å². The second-order valence-corrected chi connectivity index (χ2v) is 6.38. The molecular weight excluding hydrogens is 336 g/mol. The van der Waals surface area contributed by atoms with Crippen LogP contribution in [-0.4, -0.2) is 51.3 Å². The van der Waals surface area contributed by atoms with Gasteiger partial charge in [0, 0.05) is 18.8 Å². The van der Waals surface area contributed by atoms with Gasteiger partial charge in [0.2, 0.25) is 11.9 Å². The van der Waals surface area contributed by atoms with Crippen LogP contribution >= 0.6 is 0 Å². The van der Waals surface area contributed by atoms with Gasteiger partial charge in [0.15, 0.2) is 0 Å². The number of aromatic nitrogens is 4. The van der Waals surface area contributed by atoms with Crippen molar-refractivity contribution in [2.24, 2.45) is 0 Å². The van der Waals surface area contributed by atoms with Crippen LogP contribution in [0.25, 0.3) is 0 Å². The van der Waals surface area contributed by atoms with E-state index in [4.69, 9.17) is 10.5 Å². The molecule has 0 aliphatic carbocycles. The lowest BCUT2D eigenvalue weighted by atomic mass is 10.1. The average Bonchev–Trinajstić information content (AvgIpc) is 3.15. The van der Waals surface area contributed by atoms with Gasteiger partial charge in [-0.1, -0.05) is 0 Å². The molecule has 0 atom stereocenters. The van der Waals surface area contributed by atoms with E-state index in [9.17, 15) is 9.59 Å². The maximum absolute atomic E-state index is 12.9. The van der Waals surface area contributed by atoms with Crippen LogP contribution in [0.1, 0.15) is 58.3 Å². The topological polar surface area (TPSA) is 119 Å². The van der Waals surface area contributed by atoms with Gasteiger partial charge in [0.1, 0.15) is 5.69 Å². The summed E-state index contributed by atoms with van der Waals surface area (Å²) in [5.74, 6) is -0.421. The molecule has 1 aliphatic heterocycles. The van der Waals surface area contributed by atoms with Gasteiger partial charge in [-0.25, -0.2) is 4.79 Å². The predicted molar refractivity (Wildman–Crippen MR) is 96.5 cm³/mol. The third-order valence-electron chi connectivity index (χ3n) is 4.58. The van der Waals surface area contributed by atoms with Crippen molar-refractivity contribution in [1.29, 1.82) is 0 Å². The Balaban J connectivity index is 1.91. The predicted octanol–water partition coefficient (Wildman–Crippen LogP) is 1.66. The number of H-pyrrole nitrogens is 1. The second kappa shape index (κ2) is 7.19. The van der Waals surface area contributed by atoms with E-state index in [1.807, 2.05) is 4.90 Å². The molecule has 0 bridgehead atoms. The standard InChI is InChI=1S/C17H24N6O3/c1-4-26-15(25)12-10(2)13(19-11(12)3)14(24)23-16(18)20-17(21-23)22-8-6-5-7-9-22/h19H,4-9H2,1-3H3,(H2,18,20,21). The molecule has 9 heteroatoms. The Labute approximate surface area is 151 Å². The van der Waals surface area contributed by atoms with Crippen molar-refractivity contribution in [2.75, 3.05) is 30.3 Å². The molecule has 1 fully saturated rings. The molecule has 0 saturated carbocycles. The SMILES string of the molecule is CCOC(=O)c1c(C)[nH]c(C(=O)n2nc(N3CCCCC3)nc2N)c1C. The largest absolute Gasteiger partial charge is 0.462 e. The molecule has 0 amide bonds. The van der Waals surface area contributed by atoms with Gasteiger partial charge >= 0.3 is 5.97 Å². The summed E-state index contributed by atoms with van der Waals surface area (Å²) in [4.78, 5) is 34.2. The van der Waals surface area contributed by atoms with E-state index in [1.165, 1.54) is 6.42 Å². The number of nitrogens with two attached hydrogens (primary N) is 1. The second-order valence-electron chi connectivity index (χ2n) is 6.38. The van der Waals surface area contributed by atoms with Crippen molar-refractivity contribution in [3.05, 3.63) is 22.5 Å². The fourth-order valence-electron chi connectivity index (χ4n) is 3.27. The monoisotopic (exact) mass is 360 g/mol. The zero-order chi connectivity index (χ0) is 18.8. The van der Waals surface area contributed by atoms with Crippen molar-refractivity contribution in [1.82, 2.24) is 19.7 Å². The van der Waals surface area contributed by atoms with Crippen LogP contribution in [0.2, 0.25) is 0 Å². The van der Waals surface area contributed by atoms with Crippen LogP contribution < -0.4 is 10.6 Å². The Morgan fingerprint density at radius 3 is 2.58 bits per heavy atom. The Bertz CT molecular complexity index is 832. The number of carbonyl (C=O) groups excluding carboxylic acids is 2. The van der Waals surface area contributed by atoms with E-state index in [1.54, 1.807) is 20.8 Å². The number of esters is 1. The third kappa shape index (κ3) is 3.16. The molecule has 26 heavy (non-hydrogen) atoms. The molecule has 9 nitrogen and oxygen atoms in total. The number of nitrogens with one attached hydrogen (secondary N) is 1. The van der Waals surface area contributed by atoms with E-state index in [-0.39, 0.29) is 18.2 Å². The van der Waals surface area contributed by atoms with Crippen molar-refractivity contribution < 1.29 is 14.3 Å². The highest BCUT2D eigenvalue weighted by Crippen LogP contribution is 2.22. The minimum absolute atomic E-state index is 0.0277. The van der Waals surface area contributed by atoms with Crippen LogP contribution in [0.4, 0.5) is 11.9 Å². The number of aryl methyl sites for hydroxylation is 1. The number of ether oxygens (including phenoxy) is 1. The minimum Gasteiger partial charge on any atom is -0.462 e. The normalized spacial score (nSPS) is 14.5. The number of hydrogen-bond acceptors (Lipinski definition) is 7. The number of aromatic amines is 1. The molecule has 0 radical (unpaired) electrons. The number of carbonyl (C=O) groups is 2. The van der Waals surface area contributed by atoms with Gasteiger partial charge in [0.05, 0.1) is 12.2 Å². The van der Waals surface area contributed by atoms with Gasteiger partial charge in [-0.2, -0.15) is 9.67 Å².